The van der Waals surface area contributed by atoms with Crippen molar-refractivity contribution in [3.63, 3.8) is 0 Å². The van der Waals surface area contributed by atoms with Crippen LogP contribution in [0, 0.1) is 0 Å². The van der Waals surface area contributed by atoms with Crippen LogP contribution in [0.15, 0.2) is 0 Å². The van der Waals surface area contributed by atoms with Crippen molar-refractivity contribution in [2.45, 2.75) is 102 Å². The van der Waals surface area contributed by atoms with Crippen molar-refractivity contribution >= 4 is 26.8 Å². The number of aliphatic carboxylic acids is 1. The highest BCUT2D eigenvalue weighted by Gasteiger charge is 2.11. The fourth-order valence-corrected chi connectivity index (χ4v) is 2.69. The van der Waals surface area contributed by atoms with E-state index >= 15 is 0 Å². The van der Waals surface area contributed by atoms with Gasteiger partial charge in [0.1, 0.15) is 0 Å². The molecule has 14 heteroatoms. The summed E-state index contributed by atoms with van der Waals surface area (Å²) in [5.74, 6) is -1.10. The number of rotatable bonds is 17. The van der Waals surface area contributed by atoms with E-state index in [1.54, 1.807) is 0 Å². The van der Waals surface area contributed by atoms with E-state index in [1.807, 2.05) is 0 Å². The summed E-state index contributed by atoms with van der Waals surface area (Å²) in [6, 6.07) is 0. The minimum Gasteiger partial charge on any atom is -0.479 e. The van der Waals surface area contributed by atoms with Crippen LogP contribution in [0.2, 0.25) is 0 Å². The molecular weight excluding hydrogens is 472 g/mol. The van der Waals surface area contributed by atoms with Crippen LogP contribution in [-0.4, -0.2) is 69.0 Å². The summed E-state index contributed by atoms with van der Waals surface area (Å²) in [5, 5.41) is 26.3. The minimum absolute atomic E-state index is 0.333. The van der Waals surface area contributed by atoms with Crippen molar-refractivity contribution in [3.05, 3.63) is 0 Å². The maximum atomic E-state index is 10.4. The number of aliphatic hydroxyl groups excluding tert-OH is 2. The molecule has 0 aliphatic rings. The quantitative estimate of drug-likeness (QED) is 0.110. The van der Waals surface area contributed by atoms with Gasteiger partial charge in [-0.15, -0.1) is 0 Å². The van der Waals surface area contributed by atoms with Gasteiger partial charge in [0.2, 0.25) is 0 Å². The lowest BCUT2D eigenvalue weighted by Gasteiger charge is -2.05. The molecule has 0 aliphatic heterocycles. The van der Waals surface area contributed by atoms with Gasteiger partial charge in [0.05, 0.1) is 0 Å². The predicted octanol–water partition coefficient (Wildman–Crippen LogP) is 2.97. The van der Waals surface area contributed by atoms with Crippen molar-refractivity contribution in [2.75, 3.05) is 6.61 Å². The van der Waals surface area contributed by atoms with Crippen molar-refractivity contribution < 1.29 is 55.2 Å². The third-order valence-electron chi connectivity index (χ3n) is 4.17. The zero-order valence-corrected chi connectivity index (χ0v) is 20.0. The van der Waals surface area contributed by atoms with E-state index < -0.39 is 32.9 Å². The Morgan fingerprint density at radius 2 is 0.781 bits per heavy atom. The molecule has 0 bridgehead atoms. The summed E-state index contributed by atoms with van der Waals surface area (Å²) in [7, 11) is -9.33. The molecule has 0 aromatic carbocycles. The summed E-state index contributed by atoms with van der Waals surface area (Å²) in [6.07, 6.45) is 16.0. The van der Waals surface area contributed by atoms with Crippen molar-refractivity contribution in [1.29, 1.82) is 0 Å². The molecule has 0 aromatic rings. The van der Waals surface area contributed by atoms with Crippen LogP contribution in [0.5, 0.6) is 0 Å². The Labute approximate surface area is 191 Å². The normalized spacial score (nSPS) is 12.2. The molecule has 0 heterocycles. The molecule has 0 aliphatic carbocycles. The summed E-state index contributed by atoms with van der Waals surface area (Å²) >= 11 is 0. The van der Waals surface area contributed by atoms with Crippen LogP contribution in [-0.2, 0) is 25.6 Å². The molecule has 0 fully saturated rings. The van der Waals surface area contributed by atoms with E-state index in [2.05, 4.69) is 0 Å². The van der Waals surface area contributed by atoms with Gasteiger partial charge < -0.3 is 15.3 Å². The molecule has 0 rings (SSSR count). The number of aliphatic hydroxyl groups is 2. The maximum Gasteiger partial charge on any atom is 0.394 e. The smallest absolute Gasteiger partial charge is 0.394 e. The molecule has 1 unspecified atom stereocenters. The summed E-state index contributed by atoms with van der Waals surface area (Å²) < 4.78 is 63.2. The second-order valence-electron chi connectivity index (χ2n) is 7.21. The van der Waals surface area contributed by atoms with Crippen molar-refractivity contribution in [1.82, 2.24) is 0 Å². The molecule has 0 amide bonds. The van der Waals surface area contributed by atoms with Gasteiger partial charge in [-0.1, -0.05) is 83.5 Å². The van der Waals surface area contributed by atoms with Crippen LogP contribution < -0.4 is 0 Å². The van der Waals surface area contributed by atoms with Gasteiger partial charge in [0.15, 0.2) is 6.10 Å². The largest absolute Gasteiger partial charge is 0.479 e. The Morgan fingerprint density at radius 1 is 0.562 bits per heavy atom. The molecule has 0 spiro atoms. The number of unbranched alkanes of at least 4 members (excludes halogenated alkanes) is 13. The van der Waals surface area contributed by atoms with Crippen LogP contribution in [0.25, 0.3) is 0 Å². The first-order valence-electron chi connectivity index (χ1n) is 10.6. The van der Waals surface area contributed by atoms with Gasteiger partial charge in [-0.3, -0.25) is 18.2 Å². The predicted molar refractivity (Wildman–Crippen MR) is 118 cm³/mol. The number of carboxylic acid groups (broad SMARTS) is 1. The fourth-order valence-electron chi connectivity index (χ4n) is 2.69. The Bertz CT molecular complexity index is 574. The van der Waals surface area contributed by atoms with E-state index in [9.17, 15) is 4.79 Å². The highest BCUT2D eigenvalue weighted by Crippen LogP contribution is 2.13. The molecule has 32 heavy (non-hydrogen) atoms. The average Bonchev–Trinajstić information content (AvgIpc) is 2.62. The van der Waals surface area contributed by atoms with E-state index in [-0.39, 0.29) is 0 Å². The van der Waals surface area contributed by atoms with Crippen LogP contribution in [0.4, 0.5) is 0 Å². The maximum absolute atomic E-state index is 10.4. The number of hydrogen-bond acceptors (Lipinski definition) is 7. The minimum atomic E-state index is -4.67. The number of hydrogen-bond donors (Lipinski definition) is 7. The second-order valence-corrected chi connectivity index (χ2v) is 9.00. The Kier molecular flexibility index (Phi) is 26.0. The molecular formula is C18H40O12S2. The molecule has 1 atom stereocenters. The topological polar surface area (TPSA) is 227 Å². The fraction of sp³-hybridized carbons (Fsp3) is 0.944. The summed E-state index contributed by atoms with van der Waals surface area (Å²) in [6.45, 7) is 0.333. The third-order valence-corrected chi connectivity index (χ3v) is 4.17. The molecule has 7 N–H and O–H groups in total. The highest BCUT2D eigenvalue weighted by molar-refractivity contribution is 7.80. The lowest BCUT2D eigenvalue weighted by molar-refractivity contribution is -0.146. The molecule has 0 saturated heterocycles. The molecule has 196 valence electrons. The second kappa shape index (κ2) is 23.3. The third kappa shape index (κ3) is 56.9. The summed E-state index contributed by atoms with van der Waals surface area (Å²) in [4.78, 5) is 10.4. The highest BCUT2D eigenvalue weighted by atomic mass is 32.3. The van der Waals surface area contributed by atoms with Gasteiger partial charge in [-0.2, -0.15) is 16.8 Å². The van der Waals surface area contributed by atoms with Gasteiger partial charge in [0, 0.05) is 6.61 Å². The van der Waals surface area contributed by atoms with Crippen LogP contribution >= 0.6 is 0 Å². The van der Waals surface area contributed by atoms with E-state index in [1.165, 1.54) is 64.2 Å². The molecule has 0 radical (unpaired) electrons. The SMILES string of the molecule is O=C(O)C(O)CCCCCCCCCCCCCCCCO.O=S(=O)(O)O.O=S(=O)(O)O. The van der Waals surface area contributed by atoms with Gasteiger partial charge in [-0.05, 0) is 12.8 Å². The first-order valence-corrected chi connectivity index (χ1v) is 13.4. The first-order chi connectivity index (χ1) is 14.7. The van der Waals surface area contributed by atoms with Crippen LogP contribution in [0.1, 0.15) is 96.3 Å². The van der Waals surface area contributed by atoms with Gasteiger partial charge in [0.25, 0.3) is 0 Å². The zero-order chi connectivity index (χ0) is 25.5. The molecule has 0 saturated carbocycles. The first kappa shape index (κ1) is 35.7. The van der Waals surface area contributed by atoms with E-state index in [0.29, 0.717) is 13.0 Å². The van der Waals surface area contributed by atoms with Crippen LogP contribution in [0.3, 0.4) is 0 Å². The van der Waals surface area contributed by atoms with Gasteiger partial charge >= 0.3 is 26.8 Å². The van der Waals surface area contributed by atoms with E-state index in [4.69, 9.17) is 50.4 Å². The lowest BCUT2D eigenvalue weighted by atomic mass is 10.0. The standard InChI is InChI=1S/C18H36O4.2H2O4S/c19-16-14-12-10-8-6-4-2-1-3-5-7-9-11-13-15-17(20)18(21)22;2*1-5(2,3)4/h17,19-20H,1-16H2,(H,21,22);2*(H2,1,2,3,4). The van der Waals surface area contributed by atoms with Crippen molar-refractivity contribution in [2.24, 2.45) is 0 Å². The molecule has 0 aromatic heterocycles. The Morgan fingerprint density at radius 3 is 1.00 bits per heavy atom. The number of carboxylic acids is 1. The Balaban J connectivity index is -0.000000695. The van der Waals surface area contributed by atoms with Crippen molar-refractivity contribution in [3.8, 4) is 0 Å². The summed E-state index contributed by atoms with van der Waals surface area (Å²) in [5.41, 5.74) is 0. The average molecular weight is 513 g/mol. The van der Waals surface area contributed by atoms with Gasteiger partial charge in [-0.25, -0.2) is 4.79 Å². The Hall–Kier alpha value is -0.870. The molecule has 12 nitrogen and oxygen atoms in total. The monoisotopic (exact) mass is 512 g/mol. The van der Waals surface area contributed by atoms with E-state index in [0.717, 1.165) is 25.7 Å². The number of carbonyl (C=O) groups is 1. The lowest BCUT2D eigenvalue weighted by Crippen LogP contribution is -2.18. The zero-order valence-electron chi connectivity index (χ0n) is 18.4.